The van der Waals surface area contributed by atoms with Gasteiger partial charge in [-0.25, -0.2) is 0 Å². The molecule has 0 amide bonds. The summed E-state index contributed by atoms with van der Waals surface area (Å²) in [6.07, 6.45) is 4.31. The van der Waals surface area contributed by atoms with Crippen LogP contribution in [0.5, 0.6) is 5.75 Å². The van der Waals surface area contributed by atoms with Gasteiger partial charge in [-0.05, 0) is 59.8 Å². The molecular weight excluding hydrogens is 322 g/mol. The quantitative estimate of drug-likeness (QED) is 0.458. The van der Waals surface area contributed by atoms with Gasteiger partial charge in [-0.1, -0.05) is 37.1 Å². The zero-order chi connectivity index (χ0) is 17.2. The molecule has 3 nitrogen and oxygen atoms in total. The minimum atomic E-state index is -0.256. The van der Waals surface area contributed by atoms with E-state index in [2.05, 4.69) is 6.07 Å². The third kappa shape index (κ3) is 6.06. The third-order valence-electron chi connectivity index (χ3n) is 3.74. The number of hydrogen-bond donors (Lipinski definition) is 0. The molecule has 0 fully saturated rings. The number of rotatable bonds is 9. The largest absolute Gasteiger partial charge is 0.494 e. The number of carbonyl (C=O) groups is 1. The SMILES string of the molecule is N#Cc1ccc(-c2ccc(OCCCCCCC(=O)Cl)cc2)cc1. The summed E-state index contributed by atoms with van der Waals surface area (Å²) in [6, 6.07) is 17.6. The number of halogens is 1. The van der Waals surface area contributed by atoms with E-state index in [0.717, 1.165) is 42.6 Å². The molecule has 124 valence electrons. The van der Waals surface area contributed by atoms with E-state index in [-0.39, 0.29) is 5.24 Å². The number of nitrogens with zero attached hydrogens (tertiary/aromatic N) is 1. The summed E-state index contributed by atoms with van der Waals surface area (Å²) in [5.41, 5.74) is 2.83. The highest BCUT2D eigenvalue weighted by molar-refractivity contribution is 6.63. The van der Waals surface area contributed by atoms with Crippen LogP contribution in [0.25, 0.3) is 11.1 Å². The summed E-state index contributed by atoms with van der Waals surface area (Å²) in [5.74, 6) is 0.850. The first kappa shape index (κ1) is 18.0. The smallest absolute Gasteiger partial charge is 0.221 e. The lowest BCUT2D eigenvalue weighted by Gasteiger charge is -2.07. The topological polar surface area (TPSA) is 50.1 Å². The second kappa shape index (κ2) is 9.75. The Labute approximate surface area is 147 Å². The Morgan fingerprint density at radius 1 is 0.917 bits per heavy atom. The van der Waals surface area contributed by atoms with Crippen LogP contribution >= 0.6 is 11.6 Å². The minimum absolute atomic E-state index is 0.256. The first-order valence-electron chi connectivity index (χ1n) is 8.11. The molecule has 24 heavy (non-hydrogen) atoms. The van der Waals surface area contributed by atoms with Crippen molar-refractivity contribution in [2.75, 3.05) is 6.61 Å². The van der Waals surface area contributed by atoms with Crippen molar-refractivity contribution in [1.82, 2.24) is 0 Å². The van der Waals surface area contributed by atoms with Gasteiger partial charge in [0.25, 0.3) is 0 Å². The molecule has 0 atom stereocenters. The molecule has 0 saturated carbocycles. The molecule has 2 rings (SSSR count). The molecule has 0 N–H and O–H groups in total. The van der Waals surface area contributed by atoms with Gasteiger partial charge in [0.15, 0.2) is 0 Å². The van der Waals surface area contributed by atoms with E-state index in [1.165, 1.54) is 0 Å². The highest BCUT2D eigenvalue weighted by Gasteiger charge is 2.00. The molecule has 0 bridgehead atoms. The molecule has 2 aromatic rings. The van der Waals surface area contributed by atoms with Crippen LogP contribution in [0.4, 0.5) is 0 Å². The lowest BCUT2D eigenvalue weighted by Crippen LogP contribution is -1.97. The molecule has 0 aliphatic heterocycles. The highest BCUT2D eigenvalue weighted by Crippen LogP contribution is 2.23. The molecule has 0 aliphatic carbocycles. The second-order valence-electron chi connectivity index (χ2n) is 5.58. The molecule has 0 heterocycles. The molecule has 0 radical (unpaired) electrons. The lowest BCUT2D eigenvalue weighted by molar-refractivity contribution is -0.111. The number of benzene rings is 2. The van der Waals surface area contributed by atoms with E-state index in [9.17, 15) is 4.79 Å². The number of unbranched alkanes of at least 4 members (excludes halogenated alkanes) is 3. The summed E-state index contributed by atoms with van der Waals surface area (Å²) in [5, 5.41) is 8.57. The number of hydrogen-bond acceptors (Lipinski definition) is 3. The Balaban J connectivity index is 1.74. The van der Waals surface area contributed by atoms with Gasteiger partial charge in [0, 0.05) is 6.42 Å². The van der Waals surface area contributed by atoms with Crippen molar-refractivity contribution in [2.24, 2.45) is 0 Å². The third-order valence-corrected chi connectivity index (χ3v) is 3.93. The number of nitriles is 1. The van der Waals surface area contributed by atoms with E-state index in [1.807, 2.05) is 48.5 Å². The number of carbonyl (C=O) groups excluding carboxylic acids is 1. The fourth-order valence-electron chi connectivity index (χ4n) is 2.39. The maximum atomic E-state index is 10.6. The minimum Gasteiger partial charge on any atom is -0.494 e. The van der Waals surface area contributed by atoms with E-state index in [1.54, 1.807) is 0 Å². The van der Waals surface area contributed by atoms with Crippen LogP contribution in [0.2, 0.25) is 0 Å². The van der Waals surface area contributed by atoms with Crippen molar-refractivity contribution in [3.63, 3.8) is 0 Å². The monoisotopic (exact) mass is 341 g/mol. The van der Waals surface area contributed by atoms with Crippen LogP contribution in [0.15, 0.2) is 48.5 Å². The molecular formula is C20H20ClNO2. The van der Waals surface area contributed by atoms with Crippen LogP contribution in [-0.4, -0.2) is 11.8 Å². The van der Waals surface area contributed by atoms with E-state index in [0.29, 0.717) is 18.6 Å². The zero-order valence-corrected chi connectivity index (χ0v) is 14.3. The predicted octanol–water partition coefficient (Wildman–Crippen LogP) is 5.32. The van der Waals surface area contributed by atoms with Gasteiger partial charge >= 0.3 is 0 Å². The van der Waals surface area contributed by atoms with Crippen molar-refractivity contribution in [3.05, 3.63) is 54.1 Å². The van der Waals surface area contributed by atoms with Gasteiger partial charge in [0.1, 0.15) is 5.75 Å². The summed E-state index contributed by atoms with van der Waals surface area (Å²) in [6.45, 7) is 0.672. The van der Waals surface area contributed by atoms with Crippen LogP contribution in [0.3, 0.4) is 0 Å². The molecule has 0 spiro atoms. The first-order chi connectivity index (χ1) is 11.7. The summed E-state index contributed by atoms with van der Waals surface area (Å²) in [4.78, 5) is 10.6. The Morgan fingerprint density at radius 3 is 2.08 bits per heavy atom. The Morgan fingerprint density at radius 2 is 1.50 bits per heavy atom. The van der Waals surface area contributed by atoms with E-state index in [4.69, 9.17) is 21.6 Å². The predicted molar refractivity (Wildman–Crippen MR) is 96.0 cm³/mol. The fraction of sp³-hybridized carbons (Fsp3) is 0.300. The normalized spacial score (nSPS) is 10.2. The fourth-order valence-corrected chi connectivity index (χ4v) is 2.52. The van der Waals surface area contributed by atoms with Gasteiger partial charge in [-0.2, -0.15) is 5.26 Å². The Kier molecular flexibility index (Phi) is 7.32. The van der Waals surface area contributed by atoms with Crippen LogP contribution in [0, 0.1) is 11.3 Å². The van der Waals surface area contributed by atoms with E-state index >= 15 is 0 Å². The van der Waals surface area contributed by atoms with Crippen LogP contribution < -0.4 is 4.74 Å². The van der Waals surface area contributed by atoms with Crippen molar-refractivity contribution in [3.8, 4) is 22.9 Å². The van der Waals surface area contributed by atoms with Gasteiger partial charge in [0.05, 0.1) is 18.2 Å². The summed E-state index contributed by atoms with van der Waals surface area (Å²) < 4.78 is 5.72. The average molecular weight is 342 g/mol. The van der Waals surface area contributed by atoms with Crippen LogP contribution in [-0.2, 0) is 4.79 Å². The standard InChI is InChI=1S/C20H20ClNO2/c21-20(23)5-3-1-2-4-14-24-19-12-10-18(11-13-19)17-8-6-16(15-22)7-9-17/h6-13H,1-5,14H2. The lowest BCUT2D eigenvalue weighted by atomic mass is 10.0. The molecule has 4 heteroatoms. The van der Waals surface area contributed by atoms with Crippen molar-refractivity contribution in [1.29, 1.82) is 5.26 Å². The first-order valence-corrected chi connectivity index (χ1v) is 8.48. The Hall–Kier alpha value is -2.31. The van der Waals surface area contributed by atoms with Crippen LogP contribution in [0.1, 0.15) is 37.7 Å². The zero-order valence-electron chi connectivity index (χ0n) is 13.5. The van der Waals surface area contributed by atoms with Crippen molar-refractivity contribution in [2.45, 2.75) is 32.1 Å². The van der Waals surface area contributed by atoms with Gasteiger partial charge < -0.3 is 4.74 Å². The van der Waals surface area contributed by atoms with Gasteiger partial charge in [-0.3, -0.25) is 4.79 Å². The number of ether oxygens (including phenoxy) is 1. The van der Waals surface area contributed by atoms with Gasteiger partial charge in [-0.15, -0.1) is 0 Å². The summed E-state index contributed by atoms with van der Waals surface area (Å²) in [7, 11) is 0. The van der Waals surface area contributed by atoms with Crippen molar-refractivity contribution >= 4 is 16.8 Å². The molecule has 0 aromatic heterocycles. The second-order valence-corrected chi connectivity index (χ2v) is 6.00. The average Bonchev–Trinajstić information content (AvgIpc) is 2.61. The Bertz CT molecular complexity index is 687. The summed E-state index contributed by atoms with van der Waals surface area (Å²) >= 11 is 5.29. The molecule has 2 aromatic carbocycles. The molecule has 0 unspecified atom stereocenters. The molecule has 0 saturated heterocycles. The molecule has 0 aliphatic rings. The van der Waals surface area contributed by atoms with Gasteiger partial charge in [0.2, 0.25) is 5.24 Å². The maximum Gasteiger partial charge on any atom is 0.221 e. The van der Waals surface area contributed by atoms with E-state index < -0.39 is 0 Å². The van der Waals surface area contributed by atoms with Crippen molar-refractivity contribution < 1.29 is 9.53 Å². The highest BCUT2D eigenvalue weighted by atomic mass is 35.5. The maximum absolute atomic E-state index is 10.6.